The quantitative estimate of drug-likeness (QED) is 0.668. The molecule has 2 aromatic rings. The third-order valence-corrected chi connectivity index (χ3v) is 2.91. The van der Waals surface area contributed by atoms with Crippen LogP contribution in [0.4, 0.5) is 11.6 Å². The summed E-state index contributed by atoms with van der Waals surface area (Å²) in [5.74, 6) is 0.394. The molecule has 1 aromatic carbocycles. The number of fused-ring (bicyclic) bond motifs is 1. The van der Waals surface area contributed by atoms with E-state index in [9.17, 15) is 4.79 Å². The van der Waals surface area contributed by atoms with Crippen LogP contribution in [0.2, 0.25) is 0 Å². The molecule has 20 heavy (non-hydrogen) atoms. The topological polar surface area (TPSA) is 102 Å². The predicted octanol–water partition coefficient (Wildman–Crippen LogP) is 0.579. The largest absolute Gasteiger partial charge is 0.399 e. The van der Waals surface area contributed by atoms with Crippen LogP contribution < -0.4 is 16.6 Å². The fourth-order valence-electron chi connectivity index (χ4n) is 1.85. The summed E-state index contributed by atoms with van der Waals surface area (Å²) in [6.45, 7) is 0.936. The van der Waals surface area contributed by atoms with Crippen molar-refractivity contribution in [3.8, 4) is 0 Å². The van der Waals surface area contributed by atoms with Crippen LogP contribution >= 0.6 is 0 Å². The average molecular weight is 278 g/mol. The van der Waals surface area contributed by atoms with E-state index in [-0.39, 0.29) is 11.7 Å². The van der Waals surface area contributed by atoms with Crippen molar-refractivity contribution < 1.29 is 9.47 Å². The summed E-state index contributed by atoms with van der Waals surface area (Å²) in [5.41, 5.74) is 6.54. The number of ether oxygens (including phenoxy) is 2. The van der Waals surface area contributed by atoms with E-state index >= 15 is 0 Å². The van der Waals surface area contributed by atoms with Gasteiger partial charge in [-0.1, -0.05) is 0 Å². The minimum Gasteiger partial charge on any atom is -0.399 e. The second-order valence-electron chi connectivity index (χ2n) is 4.39. The summed E-state index contributed by atoms with van der Waals surface area (Å²) in [4.78, 5) is 18.9. The number of methoxy groups -OCH3 is 2. The molecule has 0 aliphatic rings. The Morgan fingerprint density at radius 1 is 1.45 bits per heavy atom. The molecule has 2 rings (SSSR count). The summed E-state index contributed by atoms with van der Waals surface area (Å²) in [6.07, 6.45) is -0.118. The van der Waals surface area contributed by atoms with Gasteiger partial charge in [0.25, 0.3) is 5.56 Å². The fourth-order valence-corrected chi connectivity index (χ4v) is 1.85. The minimum absolute atomic E-state index is 0.118. The van der Waals surface area contributed by atoms with Gasteiger partial charge in [0.15, 0.2) is 0 Å². The minimum atomic E-state index is -0.231. The van der Waals surface area contributed by atoms with Crippen LogP contribution in [0.25, 0.3) is 10.9 Å². The van der Waals surface area contributed by atoms with E-state index in [0.717, 1.165) is 0 Å². The predicted molar refractivity (Wildman–Crippen MR) is 77.9 cm³/mol. The molecule has 1 atom stereocenters. The first-order valence-corrected chi connectivity index (χ1v) is 6.19. The van der Waals surface area contributed by atoms with Crippen LogP contribution in [0.5, 0.6) is 0 Å². The molecule has 0 amide bonds. The SMILES string of the molecule is COCC(CNc1nc2ccc(N)cc2c(=O)[nH]1)OC. The van der Waals surface area contributed by atoms with Gasteiger partial charge in [-0.2, -0.15) is 0 Å². The molecule has 108 valence electrons. The number of anilines is 2. The van der Waals surface area contributed by atoms with E-state index in [1.54, 1.807) is 32.4 Å². The van der Waals surface area contributed by atoms with Crippen LogP contribution in [0, 0.1) is 0 Å². The van der Waals surface area contributed by atoms with E-state index in [0.29, 0.717) is 35.7 Å². The molecule has 0 radical (unpaired) electrons. The van der Waals surface area contributed by atoms with Crippen molar-refractivity contribution in [2.24, 2.45) is 0 Å². The molecule has 1 unspecified atom stereocenters. The molecule has 0 saturated carbocycles. The second kappa shape index (κ2) is 6.36. The van der Waals surface area contributed by atoms with E-state index < -0.39 is 0 Å². The summed E-state index contributed by atoms with van der Waals surface area (Å²) in [5, 5.41) is 3.49. The highest BCUT2D eigenvalue weighted by atomic mass is 16.5. The Kier molecular flexibility index (Phi) is 4.54. The monoisotopic (exact) mass is 278 g/mol. The first-order valence-electron chi connectivity index (χ1n) is 6.19. The summed E-state index contributed by atoms with van der Waals surface area (Å²) < 4.78 is 10.2. The Labute approximate surface area is 116 Å². The van der Waals surface area contributed by atoms with Crippen LogP contribution in [-0.2, 0) is 9.47 Å². The number of nitrogens with zero attached hydrogens (tertiary/aromatic N) is 1. The number of nitrogens with one attached hydrogen (secondary N) is 2. The summed E-state index contributed by atoms with van der Waals surface area (Å²) >= 11 is 0. The number of aromatic amines is 1. The Balaban J connectivity index is 2.19. The van der Waals surface area contributed by atoms with Gasteiger partial charge in [-0.05, 0) is 18.2 Å². The molecule has 1 heterocycles. The van der Waals surface area contributed by atoms with E-state index in [2.05, 4.69) is 15.3 Å². The Morgan fingerprint density at radius 3 is 2.95 bits per heavy atom. The lowest BCUT2D eigenvalue weighted by molar-refractivity contribution is 0.0365. The Bertz CT molecular complexity index is 641. The number of hydrogen-bond acceptors (Lipinski definition) is 6. The number of hydrogen-bond donors (Lipinski definition) is 3. The van der Waals surface area contributed by atoms with Gasteiger partial charge in [-0.25, -0.2) is 4.98 Å². The van der Waals surface area contributed by atoms with Crippen molar-refractivity contribution in [2.75, 3.05) is 38.4 Å². The number of nitrogens with two attached hydrogens (primary N) is 1. The van der Waals surface area contributed by atoms with Crippen LogP contribution in [0.3, 0.4) is 0 Å². The van der Waals surface area contributed by atoms with Crippen molar-refractivity contribution >= 4 is 22.5 Å². The van der Waals surface area contributed by atoms with E-state index in [4.69, 9.17) is 15.2 Å². The molecule has 0 saturated heterocycles. The molecule has 0 aliphatic heterocycles. The second-order valence-corrected chi connectivity index (χ2v) is 4.39. The van der Waals surface area contributed by atoms with Crippen molar-refractivity contribution in [1.82, 2.24) is 9.97 Å². The fraction of sp³-hybridized carbons (Fsp3) is 0.385. The first-order chi connectivity index (χ1) is 9.63. The maximum absolute atomic E-state index is 11.9. The highest BCUT2D eigenvalue weighted by Gasteiger charge is 2.08. The molecule has 0 aliphatic carbocycles. The van der Waals surface area contributed by atoms with Gasteiger partial charge in [0.05, 0.1) is 23.6 Å². The molecular formula is C13H18N4O3. The Hall–Kier alpha value is -2.12. The molecule has 0 spiro atoms. The molecular weight excluding hydrogens is 260 g/mol. The molecule has 4 N–H and O–H groups in total. The van der Waals surface area contributed by atoms with Gasteiger partial charge in [-0.15, -0.1) is 0 Å². The van der Waals surface area contributed by atoms with Gasteiger partial charge in [-0.3, -0.25) is 9.78 Å². The standard InChI is InChI=1S/C13H18N4O3/c1-19-7-9(20-2)6-15-13-16-11-4-3-8(14)5-10(11)12(18)17-13/h3-5,9H,6-7,14H2,1-2H3,(H2,15,16,17,18). The first kappa shape index (κ1) is 14.3. The van der Waals surface area contributed by atoms with Crippen molar-refractivity contribution in [3.05, 3.63) is 28.6 Å². The molecule has 0 bridgehead atoms. The highest BCUT2D eigenvalue weighted by Crippen LogP contribution is 2.12. The van der Waals surface area contributed by atoms with Gasteiger partial charge in [0.2, 0.25) is 5.95 Å². The lowest BCUT2D eigenvalue weighted by Crippen LogP contribution is -2.28. The van der Waals surface area contributed by atoms with Gasteiger partial charge in [0, 0.05) is 26.5 Å². The lowest BCUT2D eigenvalue weighted by atomic mass is 10.2. The van der Waals surface area contributed by atoms with E-state index in [1.165, 1.54) is 0 Å². The molecule has 1 aromatic heterocycles. The third-order valence-electron chi connectivity index (χ3n) is 2.91. The third kappa shape index (κ3) is 3.25. The number of H-pyrrole nitrogens is 1. The van der Waals surface area contributed by atoms with Crippen molar-refractivity contribution in [2.45, 2.75) is 6.10 Å². The van der Waals surface area contributed by atoms with Gasteiger partial charge < -0.3 is 20.5 Å². The maximum atomic E-state index is 11.9. The zero-order valence-electron chi connectivity index (χ0n) is 11.5. The van der Waals surface area contributed by atoms with Crippen molar-refractivity contribution in [3.63, 3.8) is 0 Å². The number of aromatic nitrogens is 2. The van der Waals surface area contributed by atoms with Crippen molar-refractivity contribution in [1.29, 1.82) is 0 Å². The van der Waals surface area contributed by atoms with Gasteiger partial charge >= 0.3 is 0 Å². The number of benzene rings is 1. The average Bonchev–Trinajstić information content (AvgIpc) is 2.44. The molecule has 7 nitrogen and oxygen atoms in total. The highest BCUT2D eigenvalue weighted by molar-refractivity contribution is 5.81. The number of nitrogen functional groups attached to an aromatic ring is 1. The summed E-state index contributed by atoms with van der Waals surface area (Å²) in [6, 6.07) is 5.03. The van der Waals surface area contributed by atoms with Crippen LogP contribution in [0.15, 0.2) is 23.0 Å². The zero-order chi connectivity index (χ0) is 14.5. The van der Waals surface area contributed by atoms with E-state index in [1.807, 2.05) is 0 Å². The molecule has 7 heteroatoms. The zero-order valence-corrected chi connectivity index (χ0v) is 11.5. The lowest BCUT2D eigenvalue weighted by Gasteiger charge is -2.15. The Morgan fingerprint density at radius 2 is 2.25 bits per heavy atom. The van der Waals surface area contributed by atoms with Gasteiger partial charge in [0.1, 0.15) is 0 Å². The summed E-state index contributed by atoms with van der Waals surface area (Å²) in [7, 11) is 3.21. The smallest absolute Gasteiger partial charge is 0.260 e. The molecule has 0 fully saturated rings. The maximum Gasteiger partial charge on any atom is 0.260 e. The van der Waals surface area contributed by atoms with Crippen LogP contribution in [-0.4, -0.2) is 43.4 Å². The van der Waals surface area contributed by atoms with Crippen LogP contribution in [0.1, 0.15) is 0 Å². The number of rotatable bonds is 6. The normalized spacial score (nSPS) is 12.5.